The Bertz CT molecular complexity index is 1090. The van der Waals surface area contributed by atoms with Gasteiger partial charge in [-0.1, -0.05) is 55.8 Å². The van der Waals surface area contributed by atoms with Gasteiger partial charge in [0.2, 0.25) is 21.8 Å². The fraction of sp³-hybridized carbons (Fsp3) is 0.462. The van der Waals surface area contributed by atoms with Crippen molar-refractivity contribution in [3.8, 4) is 0 Å². The number of amides is 2. The highest BCUT2D eigenvalue weighted by Crippen LogP contribution is 2.22. The molecule has 2 rings (SSSR count). The summed E-state index contributed by atoms with van der Waals surface area (Å²) in [7, 11) is -3.52. The van der Waals surface area contributed by atoms with E-state index in [4.69, 9.17) is 11.6 Å². The lowest BCUT2D eigenvalue weighted by molar-refractivity contribution is -0.140. The maximum Gasteiger partial charge on any atom is 0.242 e. The highest BCUT2D eigenvalue weighted by Gasteiger charge is 2.27. The molecule has 9 heteroatoms. The zero-order chi connectivity index (χ0) is 26.0. The van der Waals surface area contributed by atoms with Crippen LogP contribution in [0, 0.1) is 0 Å². The van der Waals surface area contributed by atoms with Crippen molar-refractivity contribution in [1.29, 1.82) is 0 Å². The van der Waals surface area contributed by atoms with Crippen molar-refractivity contribution in [3.63, 3.8) is 0 Å². The first kappa shape index (κ1) is 28.7. The molecule has 192 valence electrons. The minimum atomic E-state index is -3.52. The van der Waals surface area contributed by atoms with Gasteiger partial charge in [0, 0.05) is 31.1 Å². The highest BCUT2D eigenvalue weighted by molar-refractivity contribution is 7.92. The Morgan fingerprint density at radius 2 is 1.71 bits per heavy atom. The van der Waals surface area contributed by atoms with Crippen molar-refractivity contribution >= 4 is 39.1 Å². The average molecular weight is 522 g/mol. The van der Waals surface area contributed by atoms with E-state index < -0.39 is 16.1 Å². The Kier molecular flexibility index (Phi) is 11.0. The SMILES string of the molecule is CCCNC(=O)[C@@H](C)N(Cc1ccccc1Cl)C(=O)CCCN(c1ccc(CC)cc1)S(C)(=O)=O. The molecule has 0 unspecified atom stereocenters. The van der Waals surface area contributed by atoms with Gasteiger partial charge in [-0.3, -0.25) is 13.9 Å². The zero-order valence-corrected chi connectivity index (χ0v) is 22.5. The summed E-state index contributed by atoms with van der Waals surface area (Å²) in [5.41, 5.74) is 2.42. The zero-order valence-electron chi connectivity index (χ0n) is 21.0. The van der Waals surface area contributed by atoms with Gasteiger partial charge >= 0.3 is 0 Å². The second kappa shape index (κ2) is 13.5. The number of rotatable bonds is 13. The second-order valence-electron chi connectivity index (χ2n) is 8.54. The average Bonchev–Trinajstić information content (AvgIpc) is 2.83. The van der Waals surface area contributed by atoms with Gasteiger partial charge in [0.25, 0.3) is 0 Å². The lowest BCUT2D eigenvalue weighted by atomic mass is 10.1. The Hall–Kier alpha value is -2.58. The van der Waals surface area contributed by atoms with Crippen molar-refractivity contribution in [2.45, 2.75) is 59.0 Å². The molecule has 2 aromatic rings. The smallest absolute Gasteiger partial charge is 0.242 e. The highest BCUT2D eigenvalue weighted by atomic mass is 35.5. The van der Waals surface area contributed by atoms with Crippen molar-refractivity contribution in [1.82, 2.24) is 10.2 Å². The molecular weight excluding hydrogens is 486 g/mol. The predicted octanol–water partition coefficient (Wildman–Crippen LogP) is 4.39. The van der Waals surface area contributed by atoms with Gasteiger partial charge in [-0.2, -0.15) is 0 Å². The molecule has 1 N–H and O–H groups in total. The van der Waals surface area contributed by atoms with Crippen LogP contribution in [-0.2, 0) is 32.6 Å². The van der Waals surface area contributed by atoms with Crippen molar-refractivity contribution < 1.29 is 18.0 Å². The maximum absolute atomic E-state index is 13.3. The molecule has 1 atom stereocenters. The number of carbonyl (C=O) groups excluding carboxylic acids is 2. The van der Waals surface area contributed by atoms with E-state index in [0.717, 1.165) is 30.2 Å². The minimum absolute atomic E-state index is 0.0922. The molecule has 0 saturated carbocycles. The number of hydrogen-bond donors (Lipinski definition) is 1. The fourth-order valence-corrected chi connectivity index (χ4v) is 4.85. The summed E-state index contributed by atoms with van der Waals surface area (Å²) in [5.74, 6) is -0.472. The molecule has 0 bridgehead atoms. The summed E-state index contributed by atoms with van der Waals surface area (Å²) in [6, 6.07) is 13.9. The molecule has 35 heavy (non-hydrogen) atoms. The molecule has 2 aromatic carbocycles. The maximum atomic E-state index is 13.3. The van der Waals surface area contributed by atoms with E-state index in [2.05, 4.69) is 5.32 Å². The third-order valence-corrected chi connectivity index (χ3v) is 7.36. The molecule has 7 nitrogen and oxygen atoms in total. The number of nitrogens with zero attached hydrogens (tertiary/aromatic N) is 2. The third-order valence-electron chi connectivity index (χ3n) is 5.80. The van der Waals surface area contributed by atoms with E-state index in [1.807, 2.05) is 44.2 Å². The van der Waals surface area contributed by atoms with Crippen LogP contribution in [0.25, 0.3) is 0 Å². The van der Waals surface area contributed by atoms with Gasteiger partial charge in [-0.25, -0.2) is 8.42 Å². The van der Waals surface area contributed by atoms with Crippen LogP contribution in [0.3, 0.4) is 0 Å². The first-order chi connectivity index (χ1) is 16.6. The van der Waals surface area contributed by atoms with Crippen LogP contribution in [0.5, 0.6) is 0 Å². The molecule has 0 aliphatic rings. The minimum Gasteiger partial charge on any atom is -0.354 e. The van der Waals surface area contributed by atoms with Gasteiger partial charge in [0.15, 0.2) is 0 Å². The van der Waals surface area contributed by atoms with Crippen LogP contribution in [0.15, 0.2) is 48.5 Å². The van der Waals surface area contributed by atoms with E-state index in [9.17, 15) is 18.0 Å². The Labute approximate surface area is 214 Å². The van der Waals surface area contributed by atoms with Gasteiger partial charge in [-0.05, 0) is 55.5 Å². The van der Waals surface area contributed by atoms with Crippen LogP contribution in [0.4, 0.5) is 5.69 Å². The van der Waals surface area contributed by atoms with Crippen LogP contribution < -0.4 is 9.62 Å². The molecule has 0 aromatic heterocycles. The van der Waals surface area contributed by atoms with Gasteiger partial charge < -0.3 is 10.2 Å². The van der Waals surface area contributed by atoms with E-state index in [0.29, 0.717) is 23.7 Å². The van der Waals surface area contributed by atoms with Crippen molar-refractivity contribution in [2.75, 3.05) is 23.7 Å². The van der Waals surface area contributed by atoms with Gasteiger partial charge in [-0.15, -0.1) is 0 Å². The summed E-state index contributed by atoms with van der Waals surface area (Å²) in [5, 5.41) is 3.36. The number of hydrogen-bond acceptors (Lipinski definition) is 4. The molecule has 0 heterocycles. The number of halogens is 1. The fourth-order valence-electron chi connectivity index (χ4n) is 3.69. The molecule has 2 amide bonds. The summed E-state index contributed by atoms with van der Waals surface area (Å²) in [4.78, 5) is 27.4. The lowest BCUT2D eigenvalue weighted by Crippen LogP contribution is -2.47. The second-order valence-corrected chi connectivity index (χ2v) is 10.9. The third kappa shape index (κ3) is 8.54. The van der Waals surface area contributed by atoms with E-state index in [-0.39, 0.29) is 31.3 Å². The first-order valence-corrected chi connectivity index (χ1v) is 14.2. The summed E-state index contributed by atoms with van der Waals surface area (Å²) in [6.45, 7) is 6.56. The number of aryl methyl sites for hydroxylation is 1. The molecular formula is C26H36ClN3O4S. The summed E-state index contributed by atoms with van der Waals surface area (Å²) in [6.07, 6.45) is 3.21. The molecule has 0 aliphatic heterocycles. The standard InChI is InChI=1S/C26H36ClN3O4S/c1-5-17-28-26(32)20(3)29(19-22-10-7-8-11-24(22)27)25(31)12-9-18-30(35(4,33)34)23-15-13-21(6-2)14-16-23/h7-8,10-11,13-16,20H,5-6,9,12,17-19H2,1-4H3,(H,28,32)/t20-/m1/s1. The first-order valence-electron chi connectivity index (χ1n) is 12.0. The summed E-state index contributed by atoms with van der Waals surface area (Å²) >= 11 is 6.31. The van der Waals surface area contributed by atoms with Gasteiger partial charge in [0.05, 0.1) is 11.9 Å². The van der Waals surface area contributed by atoms with E-state index in [1.165, 1.54) is 9.21 Å². The number of benzene rings is 2. The normalized spacial score (nSPS) is 12.1. The number of sulfonamides is 1. The van der Waals surface area contributed by atoms with Crippen molar-refractivity contribution in [2.24, 2.45) is 0 Å². The molecule has 0 radical (unpaired) electrons. The molecule has 0 spiro atoms. The molecule has 0 fully saturated rings. The Morgan fingerprint density at radius 1 is 1.06 bits per heavy atom. The van der Waals surface area contributed by atoms with E-state index in [1.54, 1.807) is 25.1 Å². The lowest BCUT2D eigenvalue weighted by Gasteiger charge is -2.29. The van der Waals surface area contributed by atoms with E-state index >= 15 is 0 Å². The van der Waals surface area contributed by atoms with Gasteiger partial charge in [0.1, 0.15) is 6.04 Å². The number of anilines is 1. The number of nitrogens with one attached hydrogen (secondary N) is 1. The number of carbonyl (C=O) groups is 2. The van der Waals surface area contributed by atoms with Crippen LogP contribution in [-0.4, -0.2) is 50.5 Å². The Morgan fingerprint density at radius 3 is 2.29 bits per heavy atom. The monoisotopic (exact) mass is 521 g/mol. The molecule has 0 saturated heterocycles. The quantitative estimate of drug-likeness (QED) is 0.423. The van der Waals surface area contributed by atoms with Crippen molar-refractivity contribution in [3.05, 3.63) is 64.7 Å². The summed E-state index contributed by atoms with van der Waals surface area (Å²) < 4.78 is 26.2. The topological polar surface area (TPSA) is 86.8 Å². The Balaban J connectivity index is 2.16. The van der Waals surface area contributed by atoms with Crippen LogP contribution in [0.1, 0.15) is 51.2 Å². The predicted molar refractivity (Wildman–Crippen MR) is 142 cm³/mol. The van der Waals surface area contributed by atoms with Crippen LogP contribution >= 0.6 is 11.6 Å². The largest absolute Gasteiger partial charge is 0.354 e. The van der Waals surface area contributed by atoms with Crippen LogP contribution in [0.2, 0.25) is 5.02 Å². The molecule has 0 aliphatic carbocycles.